The number of amides is 1. The third-order valence-electron chi connectivity index (χ3n) is 4.07. The van der Waals surface area contributed by atoms with Crippen molar-refractivity contribution in [3.63, 3.8) is 0 Å². The lowest BCUT2D eigenvalue weighted by atomic mass is 9.85. The first kappa shape index (κ1) is 19.3. The molecule has 0 saturated carbocycles. The van der Waals surface area contributed by atoms with Crippen LogP contribution in [0.3, 0.4) is 0 Å². The van der Waals surface area contributed by atoms with Crippen molar-refractivity contribution < 1.29 is 9.53 Å². The van der Waals surface area contributed by atoms with E-state index in [0.717, 1.165) is 17.9 Å². The van der Waals surface area contributed by atoms with Crippen molar-refractivity contribution in [3.05, 3.63) is 54.4 Å². The van der Waals surface area contributed by atoms with Crippen LogP contribution >= 0.6 is 11.8 Å². The largest absolute Gasteiger partial charge is 0.497 e. The van der Waals surface area contributed by atoms with Crippen LogP contribution in [0.5, 0.6) is 5.75 Å². The molecule has 0 unspecified atom stereocenters. The lowest BCUT2D eigenvalue weighted by Crippen LogP contribution is -2.36. The molecule has 0 spiro atoms. The smallest absolute Gasteiger partial charge is 0.220 e. The molecule has 0 aliphatic rings. The minimum atomic E-state index is -0.101. The van der Waals surface area contributed by atoms with E-state index >= 15 is 0 Å². The quantitative estimate of drug-likeness (QED) is 0.542. The predicted octanol–water partition coefficient (Wildman–Crippen LogP) is 4.06. The van der Waals surface area contributed by atoms with Gasteiger partial charge in [0, 0.05) is 35.7 Å². The average molecular weight is 359 g/mol. The number of thioether (sulfide) groups is 1. The number of benzene rings is 1. The molecule has 1 heterocycles. The van der Waals surface area contributed by atoms with E-state index in [0.29, 0.717) is 13.0 Å². The van der Waals surface area contributed by atoms with Crippen LogP contribution in [0.25, 0.3) is 0 Å². The van der Waals surface area contributed by atoms with Crippen LogP contribution in [0.15, 0.2) is 53.7 Å². The molecule has 134 valence electrons. The number of carbonyl (C=O) groups is 1. The van der Waals surface area contributed by atoms with Crippen molar-refractivity contribution in [1.29, 1.82) is 0 Å². The highest BCUT2D eigenvalue weighted by Crippen LogP contribution is 2.23. The number of carbonyl (C=O) groups excluding carboxylic acids is 1. The molecule has 0 aliphatic carbocycles. The zero-order valence-electron chi connectivity index (χ0n) is 15.1. The van der Waals surface area contributed by atoms with Crippen molar-refractivity contribution in [2.75, 3.05) is 19.4 Å². The number of hydrogen-bond donors (Lipinski definition) is 1. The van der Waals surface area contributed by atoms with Crippen LogP contribution in [0.2, 0.25) is 0 Å². The Morgan fingerprint density at radius 2 is 1.84 bits per heavy atom. The molecular weight excluding hydrogens is 332 g/mol. The van der Waals surface area contributed by atoms with Crippen LogP contribution in [-0.4, -0.2) is 30.3 Å². The summed E-state index contributed by atoms with van der Waals surface area (Å²) in [7, 11) is 1.66. The number of aromatic nitrogens is 1. The van der Waals surface area contributed by atoms with Crippen molar-refractivity contribution in [3.8, 4) is 5.75 Å². The second kappa shape index (κ2) is 9.47. The van der Waals surface area contributed by atoms with Gasteiger partial charge in [0.05, 0.1) is 7.11 Å². The number of pyridine rings is 1. The van der Waals surface area contributed by atoms with E-state index in [1.54, 1.807) is 31.3 Å². The molecule has 2 rings (SSSR count). The SMILES string of the molecule is COc1ccc(SCCCC(=O)NCC(C)(C)c2ccncc2)cc1. The summed E-state index contributed by atoms with van der Waals surface area (Å²) in [5.74, 6) is 1.89. The third-order valence-corrected chi connectivity index (χ3v) is 5.16. The van der Waals surface area contributed by atoms with E-state index in [1.807, 2.05) is 36.4 Å². The summed E-state index contributed by atoms with van der Waals surface area (Å²) in [5.41, 5.74) is 1.08. The highest BCUT2D eigenvalue weighted by Gasteiger charge is 2.21. The Morgan fingerprint density at radius 1 is 1.16 bits per heavy atom. The van der Waals surface area contributed by atoms with Crippen molar-refractivity contribution in [2.24, 2.45) is 0 Å². The first-order valence-corrected chi connectivity index (χ1v) is 9.44. The number of nitrogens with zero attached hydrogens (tertiary/aromatic N) is 1. The van der Waals surface area contributed by atoms with Crippen molar-refractivity contribution in [2.45, 2.75) is 37.0 Å². The molecule has 2 aromatic rings. The van der Waals surface area contributed by atoms with Gasteiger partial charge in [-0.25, -0.2) is 0 Å². The zero-order valence-corrected chi connectivity index (χ0v) is 15.9. The summed E-state index contributed by atoms with van der Waals surface area (Å²) < 4.78 is 5.15. The van der Waals surface area contributed by atoms with Crippen LogP contribution in [0.4, 0.5) is 0 Å². The van der Waals surface area contributed by atoms with Crippen LogP contribution in [0, 0.1) is 0 Å². The fourth-order valence-corrected chi connectivity index (χ4v) is 3.26. The fraction of sp³-hybridized carbons (Fsp3) is 0.400. The first-order valence-electron chi connectivity index (χ1n) is 8.45. The summed E-state index contributed by atoms with van der Waals surface area (Å²) >= 11 is 1.76. The van der Waals surface area contributed by atoms with Crippen LogP contribution < -0.4 is 10.1 Å². The topological polar surface area (TPSA) is 51.2 Å². The number of hydrogen-bond acceptors (Lipinski definition) is 4. The van der Waals surface area contributed by atoms with E-state index in [9.17, 15) is 4.79 Å². The number of nitrogens with one attached hydrogen (secondary N) is 1. The second-order valence-electron chi connectivity index (χ2n) is 6.52. The average Bonchev–Trinajstić information content (AvgIpc) is 2.65. The van der Waals surface area contributed by atoms with Crippen LogP contribution in [-0.2, 0) is 10.2 Å². The highest BCUT2D eigenvalue weighted by atomic mass is 32.2. The van der Waals surface area contributed by atoms with Gasteiger partial charge in [-0.3, -0.25) is 9.78 Å². The molecule has 0 saturated heterocycles. The zero-order chi connectivity index (χ0) is 18.1. The van der Waals surface area contributed by atoms with Gasteiger partial charge in [-0.1, -0.05) is 13.8 Å². The molecule has 0 radical (unpaired) electrons. The van der Waals surface area contributed by atoms with Gasteiger partial charge in [-0.15, -0.1) is 11.8 Å². The van der Waals surface area contributed by atoms with Gasteiger partial charge in [-0.2, -0.15) is 0 Å². The number of rotatable bonds is 9. The fourth-order valence-electron chi connectivity index (χ4n) is 2.41. The van der Waals surface area contributed by atoms with E-state index in [4.69, 9.17) is 4.74 Å². The monoisotopic (exact) mass is 358 g/mol. The molecule has 0 bridgehead atoms. The van der Waals surface area contributed by atoms with E-state index in [-0.39, 0.29) is 11.3 Å². The maximum Gasteiger partial charge on any atom is 0.220 e. The first-order chi connectivity index (χ1) is 12.0. The maximum absolute atomic E-state index is 12.1. The van der Waals surface area contributed by atoms with Crippen molar-refractivity contribution >= 4 is 17.7 Å². The second-order valence-corrected chi connectivity index (χ2v) is 7.69. The molecule has 5 heteroatoms. The summed E-state index contributed by atoms with van der Waals surface area (Å²) in [6.07, 6.45) is 4.98. The maximum atomic E-state index is 12.1. The molecule has 0 fully saturated rings. The van der Waals surface area contributed by atoms with Gasteiger partial charge >= 0.3 is 0 Å². The summed E-state index contributed by atoms with van der Waals surface area (Å²) in [6, 6.07) is 12.0. The molecule has 1 amide bonds. The lowest BCUT2D eigenvalue weighted by molar-refractivity contribution is -0.121. The van der Waals surface area contributed by atoms with Gasteiger partial charge in [0.25, 0.3) is 0 Å². The van der Waals surface area contributed by atoms with E-state index < -0.39 is 0 Å². The minimum Gasteiger partial charge on any atom is -0.497 e. The van der Waals surface area contributed by atoms with E-state index in [2.05, 4.69) is 24.1 Å². The number of ether oxygens (including phenoxy) is 1. The van der Waals surface area contributed by atoms with Gasteiger partial charge in [0.15, 0.2) is 0 Å². The minimum absolute atomic E-state index is 0.101. The van der Waals surface area contributed by atoms with Gasteiger partial charge < -0.3 is 10.1 Å². The molecule has 1 aromatic heterocycles. The molecule has 0 aliphatic heterocycles. The Balaban J connectivity index is 1.66. The summed E-state index contributed by atoms with van der Waals surface area (Å²) in [5, 5.41) is 3.05. The Kier molecular flexibility index (Phi) is 7.31. The predicted molar refractivity (Wildman–Crippen MR) is 103 cm³/mol. The molecule has 0 atom stereocenters. The van der Waals surface area contributed by atoms with E-state index in [1.165, 1.54) is 10.5 Å². The normalized spacial score (nSPS) is 11.2. The van der Waals surface area contributed by atoms with Crippen LogP contribution in [0.1, 0.15) is 32.3 Å². The molecule has 1 N–H and O–H groups in total. The van der Waals surface area contributed by atoms with Crippen molar-refractivity contribution in [1.82, 2.24) is 10.3 Å². The Bertz CT molecular complexity index is 657. The third kappa shape index (κ3) is 6.42. The van der Waals surface area contributed by atoms with Gasteiger partial charge in [-0.05, 0) is 54.1 Å². The Hall–Kier alpha value is -2.01. The molecule has 25 heavy (non-hydrogen) atoms. The standard InChI is InChI=1S/C20H26N2O2S/c1-20(2,16-10-12-21-13-11-16)15-22-19(23)5-4-14-25-18-8-6-17(24-3)7-9-18/h6-13H,4-5,14-15H2,1-3H3,(H,22,23). The highest BCUT2D eigenvalue weighted by molar-refractivity contribution is 7.99. The molecule has 1 aromatic carbocycles. The van der Waals surface area contributed by atoms with Gasteiger partial charge in [0.1, 0.15) is 5.75 Å². The Labute approximate surface area is 154 Å². The van der Waals surface area contributed by atoms with Gasteiger partial charge in [0.2, 0.25) is 5.91 Å². The molecular formula is C20H26N2O2S. The lowest BCUT2D eigenvalue weighted by Gasteiger charge is -2.25. The number of methoxy groups -OCH3 is 1. The Morgan fingerprint density at radius 3 is 2.48 bits per heavy atom. The molecule has 4 nitrogen and oxygen atoms in total. The summed E-state index contributed by atoms with van der Waals surface area (Å²) in [6.45, 7) is 4.88. The summed E-state index contributed by atoms with van der Waals surface area (Å²) in [4.78, 5) is 17.3.